The number of carbonyl (C=O) groups is 1. The molecule has 0 unspecified atom stereocenters. The van der Waals surface area contributed by atoms with E-state index in [9.17, 15) is 13.2 Å². The van der Waals surface area contributed by atoms with E-state index in [1.165, 1.54) is 0 Å². The van der Waals surface area contributed by atoms with E-state index in [-0.39, 0.29) is 20.5 Å². The molecular formula is C7H2Cl4O3S. The summed E-state index contributed by atoms with van der Waals surface area (Å²) in [5.74, 6) is 0. The van der Waals surface area contributed by atoms with Crippen molar-refractivity contribution >= 4 is 59.8 Å². The minimum atomic E-state index is -3.98. The molecule has 15 heavy (non-hydrogen) atoms. The first kappa shape index (κ1) is 13.1. The summed E-state index contributed by atoms with van der Waals surface area (Å²) in [5, 5.41) is -1.13. The Morgan fingerprint density at radius 3 is 2.13 bits per heavy atom. The molecule has 0 saturated heterocycles. The Kier molecular flexibility index (Phi) is 3.90. The van der Waals surface area contributed by atoms with Crippen LogP contribution in [0.2, 0.25) is 10.0 Å². The summed E-state index contributed by atoms with van der Waals surface area (Å²) in [6.07, 6.45) is 0. The van der Waals surface area contributed by atoms with E-state index in [0.29, 0.717) is 0 Å². The molecule has 0 bridgehead atoms. The summed E-state index contributed by atoms with van der Waals surface area (Å²) in [7, 11) is 1.10. The monoisotopic (exact) mass is 306 g/mol. The largest absolute Gasteiger partial charge is 0.276 e. The predicted octanol–water partition coefficient (Wildman–Crippen LogP) is 3.30. The lowest BCUT2D eigenvalue weighted by Crippen LogP contribution is -1.97. The molecule has 82 valence electrons. The Hall–Kier alpha value is -0.000000000000000167. The zero-order valence-corrected chi connectivity index (χ0v) is 10.6. The highest BCUT2D eigenvalue weighted by Crippen LogP contribution is 2.31. The molecule has 0 fully saturated rings. The van der Waals surface area contributed by atoms with Gasteiger partial charge in [0.1, 0.15) is 0 Å². The molecule has 0 heterocycles. The van der Waals surface area contributed by atoms with Crippen molar-refractivity contribution < 1.29 is 13.2 Å². The minimum absolute atomic E-state index is 0.109. The van der Waals surface area contributed by atoms with Gasteiger partial charge in [-0.15, -0.1) is 0 Å². The second-order valence-corrected chi connectivity index (χ2v) is 6.17. The van der Waals surface area contributed by atoms with Gasteiger partial charge in [0.15, 0.2) is 0 Å². The van der Waals surface area contributed by atoms with Crippen LogP contribution < -0.4 is 0 Å². The van der Waals surface area contributed by atoms with Crippen LogP contribution in [0, 0.1) is 0 Å². The van der Waals surface area contributed by atoms with E-state index < -0.39 is 14.3 Å². The fourth-order valence-electron chi connectivity index (χ4n) is 0.848. The highest BCUT2D eigenvalue weighted by atomic mass is 35.7. The molecule has 0 aliphatic heterocycles. The van der Waals surface area contributed by atoms with Gasteiger partial charge in [-0.3, -0.25) is 4.79 Å². The average Bonchev–Trinajstić information content (AvgIpc) is 2.06. The Morgan fingerprint density at radius 2 is 1.73 bits per heavy atom. The van der Waals surface area contributed by atoms with Gasteiger partial charge >= 0.3 is 0 Å². The molecule has 0 amide bonds. The van der Waals surface area contributed by atoms with Gasteiger partial charge < -0.3 is 0 Å². The lowest BCUT2D eigenvalue weighted by atomic mass is 10.2. The fourth-order valence-corrected chi connectivity index (χ4v) is 2.31. The van der Waals surface area contributed by atoms with E-state index in [1.807, 2.05) is 0 Å². The maximum atomic E-state index is 11.0. The Balaban J connectivity index is 3.57. The first-order valence-corrected chi connectivity index (χ1v) is 6.81. The van der Waals surface area contributed by atoms with E-state index in [0.717, 1.165) is 12.1 Å². The molecule has 0 saturated carbocycles. The lowest BCUT2D eigenvalue weighted by Gasteiger charge is -2.03. The van der Waals surface area contributed by atoms with Crippen LogP contribution >= 0.6 is 45.5 Å². The minimum Gasteiger partial charge on any atom is -0.276 e. The third-order valence-electron chi connectivity index (χ3n) is 1.50. The van der Waals surface area contributed by atoms with Crippen LogP contribution in [0.5, 0.6) is 0 Å². The third kappa shape index (κ3) is 2.98. The summed E-state index contributed by atoms with van der Waals surface area (Å²) in [6.45, 7) is 0. The van der Waals surface area contributed by atoms with Crippen molar-refractivity contribution in [2.24, 2.45) is 0 Å². The zero-order valence-electron chi connectivity index (χ0n) is 6.80. The molecule has 8 heteroatoms. The number of halogens is 4. The lowest BCUT2D eigenvalue weighted by molar-refractivity contribution is 0.108. The van der Waals surface area contributed by atoms with Gasteiger partial charge in [-0.05, 0) is 23.7 Å². The fraction of sp³-hybridized carbons (Fsp3) is 0. The van der Waals surface area contributed by atoms with Crippen molar-refractivity contribution in [1.82, 2.24) is 0 Å². The Labute approximate surface area is 105 Å². The molecule has 0 N–H and O–H groups in total. The SMILES string of the molecule is O=C(Cl)c1cc(S(=O)(=O)Cl)cc(Cl)c1Cl. The molecular weight excluding hydrogens is 306 g/mol. The normalized spacial score (nSPS) is 11.5. The maximum absolute atomic E-state index is 11.0. The second-order valence-electron chi connectivity index (χ2n) is 2.48. The maximum Gasteiger partial charge on any atom is 0.261 e. The Morgan fingerprint density at radius 1 is 1.20 bits per heavy atom. The number of benzene rings is 1. The van der Waals surface area contributed by atoms with Crippen molar-refractivity contribution in [3.63, 3.8) is 0 Å². The van der Waals surface area contributed by atoms with Crippen LogP contribution in [0.4, 0.5) is 0 Å². The van der Waals surface area contributed by atoms with Gasteiger partial charge in [-0.2, -0.15) is 0 Å². The molecule has 1 aromatic carbocycles. The zero-order chi connectivity index (χ0) is 11.8. The highest BCUT2D eigenvalue weighted by molar-refractivity contribution is 8.13. The van der Waals surface area contributed by atoms with Gasteiger partial charge in [0, 0.05) is 10.7 Å². The molecule has 0 atom stereocenters. The van der Waals surface area contributed by atoms with Crippen molar-refractivity contribution in [2.75, 3.05) is 0 Å². The van der Waals surface area contributed by atoms with E-state index in [2.05, 4.69) is 0 Å². The van der Waals surface area contributed by atoms with Crippen molar-refractivity contribution in [3.05, 3.63) is 27.7 Å². The summed E-state index contributed by atoms with van der Waals surface area (Å²) in [4.78, 5) is 10.6. The molecule has 3 nitrogen and oxygen atoms in total. The van der Waals surface area contributed by atoms with Crippen LogP contribution in [0.1, 0.15) is 10.4 Å². The predicted molar refractivity (Wildman–Crippen MR) is 59.7 cm³/mol. The molecule has 1 aromatic rings. The van der Waals surface area contributed by atoms with Crippen molar-refractivity contribution in [1.29, 1.82) is 0 Å². The van der Waals surface area contributed by atoms with Gasteiger partial charge in [0.2, 0.25) is 0 Å². The smallest absolute Gasteiger partial charge is 0.261 e. The Bertz CT molecular complexity index is 523. The molecule has 0 aliphatic carbocycles. The summed E-state index contributed by atoms with van der Waals surface area (Å²) >= 11 is 16.4. The van der Waals surface area contributed by atoms with Crippen molar-refractivity contribution in [3.8, 4) is 0 Å². The summed E-state index contributed by atoms with van der Waals surface area (Å²) in [6, 6.07) is 2.00. The van der Waals surface area contributed by atoms with Gasteiger partial charge in [-0.1, -0.05) is 23.2 Å². The standard InChI is InChI=1S/C7H2Cl4O3S/c8-5-2-3(15(11,13)14)1-4(6(5)9)7(10)12/h1-2H. The van der Waals surface area contributed by atoms with Crippen LogP contribution in [0.25, 0.3) is 0 Å². The molecule has 0 radical (unpaired) electrons. The first-order chi connectivity index (χ1) is 6.73. The molecule has 0 spiro atoms. The van der Waals surface area contributed by atoms with E-state index in [4.69, 9.17) is 45.5 Å². The summed E-state index contributed by atoms with van der Waals surface area (Å²) in [5.41, 5.74) is -0.204. The van der Waals surface area contributed by atoms with Crippen molar-refractivity contribution in [2.45, 2.75) is 4.90 Å². The second kappa shape index (κ2) is 4.47. The number of hydrogen-bond acceptors (Lipinski definition) is 3. The van der Waals surface area contributed by atoms with Crippen LogP contribution in [0.3, 0.4) is 0 Å². The van der Waals surface area contributed by atoms with Gasteiger partial charge in [0.25, 0.3) is 14.3 Å². The number of hydrogen-bond donors (Lipinski definition) is 0. The number of rotatable bonds is 2. The van der Waals surface area contributed by atoms with Crippen LogP contribution in [0.15, 0.2) is 17.0 Å². The molecule has 1 rings (SSSR count). The quantitative estimate of drug-likeness (QED) is 0.788. The topological polar surface area (TPSA) is 51.2 Å². The molecule has 0 aromatic heterocycles. The molecule has 0 aliphatic rings. The number of carbonyl (C=O) groups excluding carboxylic acids is 1. The highest BCUT2D eigenvalue weighted by Gasteiger charge is 2.18. The first-order valence-electron chi connectivity index (χ1n) is 3.37. The van der Waals surface area contributed by atoms with Gasteiger partial charge in [-0.25, -0.2) is 8.42 Å². The van der Waals surface area contributed by atoms with E-state index in [1.54, 1.807) is 0 Å². The van der Waals surface area contributed by atoms with Crippen LogP contribution in [-0.4, -0.2) is 13.7 Å². The third-order valence-corrected chi connectivity index (χ3v) is 3.83. The summed E-state index contributed by atoms with van der Waals surface area (Å²) < 4.78 is 22.0. The van der Waals surface area contributed by atoms with Crippen LogP contribution in [-0.2, 0) is 9.05 Å². The average molecular weight is 308 g/mol. The van der Waals surface area contributed by atoms with Gasteiger partial charge in [0.05, 0.1) is 20.5 Å². The van der Waals surface area contributed by atoms with E-state index >= 15 is 0 Å².